The predicted octanol–water partition coefficient (Wildman–Crippen LogP) is 2.13. The number of halogens is 1. The van der Waals surface area contributed by atoms with Gasteiger partial charge in [-0.3, -0.25) is 0 Å². The normalized spacial score (nSPS) is 24.3. The van der Waals surface area contributed by atoms with Crippen LogP contribution in [0.5, 0.6) is 0 Å². The van der Waals surface area contributed by atoms with Crippen LogP contribution in [0.4, 0.5) is 14.9 Å². The summed E-state index contributed by atoms with van der Waals surface area (Å²) in [6, 6.07) is 5.10. The lowest BCUT2D eigenvalue weighted by molar-refractivity contribution is 0.193. The van der Waals surface area contributed by atoms with Gasteiger partial charge >= 0.3 is 6.03 Å². The number of hydrogen-bond donors (Lipinski definition) is 2. The molecule has 6 heteroatoms. The first-order valence-corrected chi connectivity index (χ1v) is 8.74. The number of aliphatic hydroxyl groups is 1. The topological polar surface area (TPSA) is 55.8 Å². The number of anilines is 1. The summed E-state index contributed by atoms with van der Waals surface area (Å²) >= 11 is 0. The van der Waals surface area contributed by atoms with Crippen LogP contribution in [0, 0.1) is 18.7 Å². The van der Waals surface area contributed by atoms with Crippen LogP contribution in [0.2, 0.25) is 0 Å². The summed E-state index contributed by atoms with van der Waals surface area (Å²) in [7, 11) is 0. The largest absolute Gasteiger partial charge is 0.396 e. The maximum Gasteiger partial charge on any atom is 0.317 e. The smallest absolute Gasteiger partial charge is 0.317 e. The van der Waals surface area contributed by atoms with Gasteiger partial charge in [0.2, 0.25) is 0 Å². The van der Waals surface area contributed by atoms with Crippen molar-refractivity contribution in [2.24, 2.45) is 5.92 Å². The summed E-state index contributed by atoms with van der Waals surface area (Å²) in [5.41, 5.74) is 1.65. The molecule has 2 heterocycles. The van der Waals surface area contributed by atoms with Crippen molar-refractivity contribution < 1.29 is 14.3 Å². The molecule has 2 aliphatic rings. The van der Waals surface area contributed by atoms with Crippen LogP contribution in [-0.2, 0) is 0 Å². The van der Waals surface area contributed by atoms with Gasteiger partial charge in [-0.05, 0) is 43.9 Å². The van der Waals surface area contributed by atoms with Crippen LogP contribution in [0.3, 0.4) is 0 Å². The number of carbonyl (C=O) groups excluding carboxylic acids is 1. The minimum atomic E-state index is -0.210. The second kappa shape index (κ2) is 7.38. The minimum Gasteiger partial charge on any atom is -0.396 e. The monoisotopic (exact) mass is 335 g/mol. The van der Waals surface area contributed by atoms with E-state index in [0.29, 0.717) is 25.3 Å². The van der Waals surface area contributed by atoms with E-state index in [1.54, 1.807) is 11.0 Å². The Bertz CT molecular complexity index is 596. The number of benzene rings is 1. The summed E-state index contributed by atoms with van der Waals surface area (Å²) in [5, 5.41) is 12.3. The Morgan fingerprint density at radius 2 is 2.17 bits per heavy atom. The van der Waals surface area contributed by atoms with Crippen LogP contribution in [-0.4, -0.2) is 54.9 Å². The summed E-state index contributed by atoms with van der Waals surface area (Å²) in [5.74, 6) is -0.0158. The molecule has 3 rings (SSSR count). The maximum atomic E-state index is 14.1. The highest BCUT2D eigenvalue weighted by Crippen LogP contribution is 2.25. The molecule has 0 spiro atoms. The van der Waals surface area contributed by atoms with E-state index in [1.165, 1.54) is 6.07 Å². The van der Waals surface area contributed by atoms with Gasteiger partial charge in [-0.25, -0.2) is 9.18 Å². The predicted molar refractivity (Wildman–Crippen MR) is 91.7 cm³/mol. The van der Waals surface area contributed by atoms with Crippen LogP contribution in [0.1, 0.15) is 24.8 Å². The van der Waals surface area contributed by atoms with E-state index in [1.807, 2.05) is 17.9 Å². The standard InChI is InChI=1S/C18H26FN3O2/c1-13-4-5-16(19)17(9-13)21-7-2-3-15(11-21)20-18(24)22-8-6-14(10-22)12-23/h4-5,9,14-15,23H,2-3,6-8,10-12H2,1H3,(H,20,24). The number of rotatable bonds is 3. The van der Waals surface area contributed by atoms with Crippen molar-refractivity contribution in [2.45, 2.75) is 32.2 Å². The number of carbonyl (C=O) groups is 1. The van der Waals surface area contributed by atoms with Crippen molar-refractivity contribution in [3.8, 4) is 0 Å². The summed E-state index contributed by atoms with van der Waals surface area (Å²) in [6.07, 6.45) is 2.69. The molecule has 5 nitrogen and oxygen atoms in total. The van der Waals surface area contributed by atoms with E-state index in [0.717, 1.165) is 31.4 Å². The van der Waals surface area contributed by atoms with Crippen LogP contribution >= 0.6 is 0 Å². The van der Waals surface area contributed by atoms with E-state index in [9.17, 15) is 14.3 Å². The van der Waals surface area contributed by atoms with E-state index >= 15 is 0 Å². The molecular formula is C18H26FN3O2. The molecule has 2 fully saturated rings. The van der Waals surface area contributed by atoms with Gasteiger partial charge in [-0.15, -0.1) is 0 Å². The zero-order chi connectivity index (χ0) is 17.1. The van der Waals surface area contributed by atoms with Gasteiger partial charge in [0.25, 0.3) is 0 Å². The lowest BCUT2D eigenvalue weighted by Crippen LogP contribution is -2.51. The van der Waals surface area contributed by atoms with Crippen molar-refractivity contribution in [3.63, 3.8) is 0 Å². The molecule has 2 amide bonds. The van der Waals surface area contributed by atoms with Crippen LogP contribution < -0.4 is 10.2 Å². The Kier molecular flexibility index (Phi) is 5.23. The fourth-order valence-corrected chi connectivity index (χ4v) is 3.61. The molecule has 2 N–H and O–H groups in total. The molecule has 2 atom stereocenters. The molecule has 0 bridgehead atoms. The minimum absolute atomic E-state index is 0.0272. The second-order valence-electron chi connectivity index (χ2n) is 6.97. The Morgan fingerprint density at radius 3 is 2.92 bits per heavy atom. The van der Waals surface area contributed by atoms with Crippen LogP contribution in [0.25, 0.3) is 0 Å². The lowest BCUT2D eigenvalue weighted by atomic mass is 10.0. The third kappa shape index (κ3) is 3.80. The van der Waals surface area contributed by atoms with E-state index in [-0.39, 0.29) is 30.4 Å². The number of nitrogens with zero attached hydrogens (tertiary/aromatic N) is 2. The highest BCUT2D eigenvalue weighted by Gasteiger charge is 2.29. The summed E-state index contributed by atoms with van der Waals surface area (Å²) in [4.78, 5) is 16.2. The Balaban J connectivity index is 1.59. The highest BCUT2D eigenvalue weighted by atomic mass is 19.1. The molecule has 24 heavy (non-hydrogen) atoms. The van der Waals surface area contributed by atoms with Crippen molar-refractivity contribution in [1.82, 2.24) is 10.2 Å². The number of hydrogen-bond acceptors (Lipinski definition) is 3. The number of piperidine rings is 1. The third-order valence-corrected chi connectivity index (χ3v) is 5.02. The molecule has 0 saturated carbocycles. The number of aryl methyl sites for hydroxylation is 1. The van der Waals surface area contributed by atoms with E-state index in [2.05, 4.69) is 5.32 Å². The van der Waals surface area contributed by atoms with Crippen LogP contribution in [0.15, 0.2) is 18.2 Å². The zero-order valence-corrected chi connectivity index (χ0v) is 14.2. The molecule has 2 saturated heterocycles. The molecule has 0 aliphatic carbocycles. The molecule has 0 aromatic heterocycles. The first-order valence-electron chi connectivity index (χ1n) is 8.74. The molecular weight excluding hydrogens is 309 g/mol. The van der Waals surface area contributed by atoms with Gasteiger partial charge in [0, 0.05) is 44.7 Å². The number of amides is 2. The summed E-state index contributed by atoms with van der Waals surface area (Å²) in [6.45, 7) is 4.84. The molecule has 132 valence electrons. The second-order valence-corrected chi connectivity index (χ2v) is 6.97. The third-order valence-electron chi connectivity index (χ3n) is 5.02. The SMILES string of the molecule is Cc1ccc(F)c(N2CCCC(NC(=O)N3CCC(CO)C3)C2)c1. The van der Waals surface area contributed by atoms with Crippen molar-refractivity contribution in [3.05, 3.63) is 29.6 Å². The fraction of sp³-hybridized carbons (Fsp3) is 0.611. The quantitative estimate of drug-likeness (QED) is 0.890. The highest BCUT2D eigenvalue weighted by molar-refractivity contribution is 5.75. The molecule has 1 aromatic rings. The Morgan fingerprint density at radius 1 is 1.33 bits per heavy atom. The van der Waals surface area contributed by atoms with Gasteiger partial charge in [0.1, 0.15) is 5.82 Å². The first kappa shape index (κ1) is 17.0. The van der Waals surface area contributed by atoms with Gasteiger partial charge in [-0.1, -0.05) is 6.07 Å². The lowest BCUT2D eigenvalue weighted by Gasteiger charge is -2.35. The average Bonchev–Trinajstić information content (AvgIpc) is 3.06. The summed E-state index contributed by atoms with van der Waals surface area (Å²) < 4.78 is 14.1. The molecule has 1 aromatic carbocycles. The Labute approximate surface area is 142 Å². The first-order chi connectivity index (χ1) is 11.6. The molecule has 2 aliphatic heterocycles. The van der Waals surface area contributed by atoms with Gasteiger partial charge in [-0.2, -0.15) is 0 Å². The molecule has 0 radical (unpaired) electrons. The maximum absolute atomic E-state index is 14.1. The number of urea groups is 1. The van der Waals surface area contributed by atoms with Crippen molar-refractivity contribution >= 4 is 11.7 Å². The van der Waals surface area contributed by atoms with Gasteiger partial charge in [0.05, 0.1) is 5.69 Å². The van der Waals surface area contributed by atoms with E-state index in [4.69, 9.17) is 0 Å². The van der Waals surface area contributed by atoms with Gasteiger partial charge in [0.15, 0.2) is 0 Å². The number of likely N-dealkylation sites (tertiary alicyclic amines) is 1. The van der Waals surface area contributed by atoms with Crippen molar-refractivity contribution in [1.29, 1.82) is 0 Å². The van der Waals surface area contributed by atoms with Crippen molar-refractivity contribution in [2.75, 3.05) is 37.7 Å². The number of aliphatic hydroxyl groups excluding tert-OH is 1. The van der Waals surface area contributed by atoms with Gasteiger partial charge < -0.3 is 20.2 Å². The zero-order valence-electron chi connectivity index (χ0n) is 14.2. The Hall–Kier alpha value is -1.82. The average molecular weight is 335 g/mol. The van der Waals surface area contributed by atoms with E-state index < -0.39 is 0 Å². The molecule has 2 unspecified atom stereocenters. The number of nitrogens with one attached hydrogen (secondary N) is 1. The fourth-order valence-electron chi connectivity index (χ4n) is 3.61.